The van der Waals surface area contributed by atoms with Gasteiger partial charge in [0.15, 0.2) is 17.3 Å². The lowest BCUT2D eigenvalue weighted by Gasteiger charge is -2.14. The van der Waals surface area contributed by atoms with Crippen molar-refractivity contribution in [3.8, 4) is 17.2 Å². The first-order valence-electron chi connectivity index (χ1n) is 7.76. The number of anilines is 3. The smallest absolute Gasteiger partial charge is 0.245 e. The van der Waals surface area contributed by atoms with Crippen molar-refractivity contribution in [1.29, 1.82) is 0 Å². The van der Waals surface area contributed by atoms with Crippen LogP contribution < -0.4 is 24.8 Å². The molecule has 2 N–H and O–H groups in total. The number of benzene rings is 1. The highest BCUT2D eigenvalue weighted by molar-refractivity contribution is 5.66. The molecule has 0 saturated carbocycles. The minimum Gasteiger partial charge on any atom is -0.493 e. The van der Waals surface area contributed by atoms with E-state index in [0.717, 1.165) is 5.76 Å². The molecule has 136 valence electrons. The molecule has 0 aliphatic carbocycles. The van der Waals surface area contributed by atoms with Crippen LogP contribution in [0.1, 0.15) is 5.76 Å². The van der Waals surface area contributed by atoms with Crippen molar-refractivity contribution in [2.24, 2.45) is 0 Å². The molecule has 3 aromatic rings. The number of hydrogen-bond acceptors (Lipinski definition) is 9. The topological polar surface area (TPSA) is 104 Å². The maximum Gasteiger partial charge on any atom is 0.245 e. The van der Waals surface area contributed by atoms with E-state index in [2.05, 4.69) is 25.8 Å². The number of rotatable bonds is 8. The Balaban J connectivity index is 1.77. The summed E-state index contributed by atoms with van der Waals surface area (Å²) in [6.45, 7) is 0.461. The molecule has 2 aromatic heterocycles. The van der Waals surface area contributed by atoms with Crippen molar-refractivity contribution in [3.63, 3.8) is 0 Å². The van der Waals surface area contributed by atoms with Crippen LogP contribution in [0, 0.1) is 0 Å². The van der Waals surface area contributed by atoms with E-state index in [1.165, 1.54) is 6.20 Å². The minimum atomic E-state index is 0.374. The summed E-state index contributed by atoms with van der Waals surface area (Å²) >= 11 is 0. The van der Waals surface area contributed by atoms with Crippen molar-refractivity contribution in [3.05, 3.63) is 42.5 Å². The van der Waals surface area contributed by atoms with Gasteiger partial charge in [0.2, 0.25) is 11.7 Å². The van der Waals surface area contributed by atoms with Gasteiger partial charge in [-0.05, 0) is 12.1 Å². The molecule has 0 unspecified atom stereocenters. The Hall–Kier alpha value is -3.49. The third kappa shape index (κ3) is 3.94. The van der Waals surface area contributed by atoms with Crippen molar-refractivity contribution < 1.29 is 18.6 Å². The van der Waals surface area contributed by atoms with Gasteiger partial charge in [0.05, 0.1) is 40.3 Å². The van der Waals surface area contributed by atoms with Crippen molar-refractivity contribution >= 4 is 17.5 Å². The Kier molecular flexibility index (Phi) is 5.37. The molecule has 0 atom stereocenters. The number of furan rings is 1. The number of nitrogens with one attached hydrogen (secondary N) is 2. The summed E-state index contributed by atoms with van der Waals surface area (Å²) in [6.07, 6.45) is 3.12. The van der Waals surface area contributed by atoms with Crippen LogP contribution in [0.25, 0.3) is 0 Å². The first kappa shape index (κ1) is 17.3. The van der Waals surface area contributed by atoms with Gasteiger partial charge in [-0.25, -0.2) is 0 Å². The van der Waals surface area contributed by atoms with Gasteiger partial charge in [-0.2, -0.15) is 10.1 Å². The van der Waals surface area contributed by atoms with Crippen molar-refractivity contribution in [1.82, 2.24) is 15.2 Å². The molecule has 2 heterocycles. The quantitative estimate of drug-likeness (QED) is 0.629. The molecular weight excluding hydrogens is 338 g/mol. The molecule has 0 fully saturated rings. The zero-order chi connectivity index (χ0) is 18.4. The summed E-state index contributed by atoms with van der Waals surface area (Å²) in [4.78, 5) is 4.37. The first-order chi connectivity index (χ1) is 12.7. The Morgan fingerprint density at radius 3 is 2.46 bits per heavy atom. The van der Waals surface area contributed by atoms with Gasteiger partial charge in [-0.3, -0.25) is 0 Å². The van der Waals surface area contributed by atoms with Crippen molar-refractivity contribution in [2.75, 3.05) is 32.0 Å². The van der Waals surface area contributed by atoms with E-state index in [-0.39, 0.29) is 0 Å². The number of nitrogens with zero attached hydrogens (tertiary/aromatic N) is 3. The highest BCUT2D eigenvalue weighted by atomic mass is 16.5. The van der Waals surface area contributed by atoms with E-state index in [4.69, 9.17) is 18.6 Å². The fourth-order valence-corrected chi connectivity index (χ4v) is 2.32. The van der Waals surface area contributed by atoms with Crippen LogP contribution in [0.4, 0.5) is 17.5 Å². The van der Waals surface area contributed by atoms with Gasteiger partial charge < -0.3 is 29.3 Å². The van der Waals surface area contributed by atoms with E-state index in [1.807, 2.05) is 12.1 Å². The van der Waals surface area contributed by atoms with Gasteiger partial charge in [-0.15, -0.1) is 5.10 Å². The fourth-order valence-electron chi connectivity index (χ4n) is 2.32. The number of ether oxygens (including phenoxy) is 3. The van der Waals surface area contributed by atoms with Crippen LogP contribution >= 0.6 is 0 Å². The molecule has 9 heteroatoms. The molecule has 0 amide bonds. The zero-order valence-electron chi connectivity index (χ0n) is 14.6. The Labute approximate surface area is 150 Å². The number of methoxy groups -OCH3 is 3. The van der Waals surface area contributed by atoms with Gasteiger partial charge >= 0.3 is 0 Å². The molecule has 1 aromatic carbocycles. The molecule has 0 aliphatic heterocycles. The van der Waals surface area contributed by atoms with E-state index in [0.29, 0.717) is 41.2 Å². The molecule has 3 rings (SSSR count). The van der Waals surface area contributed by atoms with E-state index in [9.17, 15) is 0 Å². The van der Waals surface area contributed by atoms with Crippen molar-refractivity contribution in [2.45, 2.75) is 6.54 Å². The summed E-state index contributed by atoms with van der Waals surface area (Å²) < 4.78 is 21.3. The molecule has 26 heavy (non-hydrogen) atoms. The van der Waals surface area contributed by atoms with Crippen LogP contribution in [0.2, 0.25) is 0 Å². The molecule has 0 radical (unpaired) electrons. The monoisotopic (exact) mass is 357 g/mol. The normalized spacial score (nSPS) is 10.3. The maximum atomic E-state index is 5.34. The lowest BCUT2D eigenvalue weighted by atomic mass is 10.2. The maximum absolute atomic E-state index is 5.34. The second-order valence-corrected chi connectivity index (χ2v) is 5.14. The average Bonchev–Trinajstić information content (AvgIpc) is 3.19. The van der Waals surface area contributed by atoms with Gasteiger partial charge in [-0.1, -0.05) is 0 Å². The third-order valence-electron chi connectivity index (χ3n) is 3.50. The predicted molar refractivity (Wildman–Crippen MR) is 95.2 cm³/mol. The van der Waals surface area contributed by atoms with Gasteiger partial charge in [0.25, 0.3) is 0 Å². The minimum absolute atomic E-state index is 0.374. The summed E-state index contributed by atoms with van der Waals surface area (Å²) in [5, 5.41) is 14.1. The van der Waals surface area contributed by atoms with Gasteiger partial charge in [0, 0.05) is 17.8 Å². The van der Waals surface area contributed by atoms with E-state index >= 15 is 0 Å². The second-order valence-electron chi connectivity index (χ2n) is 5.14. The van der Waals surface area contributed by atoms with Crippen LogP contribution in [0.3, 0.4) is 0 Å². The molecule has 9 nitrogen and oxygen atoms in total. The van der Waals surface area contributed by atoms with Crippen LogP contribution in [0.5, 0.6) is 17.2 Å². The van der Waals surface area contributed by atoms with Gasteiger partial charge in [0.1, 0.15) is 5.76 Å². The Bertz CT molecular complexity index is 829. The van der Waals surface area contributed by atoms with Crippen LogP contribution in [-0.4, -0.2) is 36.5 Å². The fraction of sp³-hybridized carbons (Fsp3) is 0.235. The highest BCUT2D eigenvalue weighted by Crippen LogP contribution is 2.40. The standard InChI is InChI=1S/C17H19N5O4/c1-23-13-7-11(8-14(24-2)16(13)25-3)20-15-10-19-22-17(21-15)18-9-12-5-4-6-26-12/h4-8,10H,9H2,1-3H3,(H2,18,20,21,22). The number of aromatic nitrogens is 3. The molecular formula is C17H19N5O4. The average molecular weight is 357 g/mol. The third-order valence-corrected chi connectivity index (χ3v) is 3.50. The second kappa shape index (κ2) is 8.06. The van der Waals surface area contributed by atoms with Crippen LogP contribution in [0.15, 0.2) is 41.1 Å². The summed E-state index contributed by atoms with van der Waals surface area (Å²) in [7, 11) is 4.67. The van der Waals surface area contributed by atoms with E-state index < -0.39 is 0 Å². The summed E-state index contributed by atoms with van der Waals surface area (Å²) in [6, 6.07) is 7.23. The predicted octanol–water partition coefficient (Wildman–Crippen LogP) is 2.85. The molecule has 0 bridgehead atoms. The molecule has 0 aliphatic rings. The number of hydrogen-bond donors (Lipinski definition) is 2. The zero-order valence-corrected chi connectivity index (χ0v) is 14.6. The summed E-state index contributed by atoms with van der Waals surface area (Å²) in [5.41, 5.74) is 0.706. The molecule has 0 saturated heterocycles. The lowest BCUT2D eigenvalue weighted by molar-refractivity contribution is 0.324. The Morgan fingerprint density at radius 1 is 1.08 bits per heavy atom. The largest absolute Gasteiger partial charge is 0.493 e. The van der Waals surface area contributed by atoms with E-state index in [1.54, 1.807) is 39.7 Å². The first-order valence-corrected chi connectivity index (χ1v) is 7.76. The Morgan fingerprint density at radius 2 is 1.85 bits per heavy atom. The lowest BCUT2D eigenvalue weighted by Crippen LogP contribution is -2.06. The molecule has 0 spiro atoms. The summed E-state index contributed by atoms with van der Waals surface area (Å²) in [5.74, 6) is 3.24. The highest BCUT2D eigenvalue weighted by Gasteiger charge is 2.13. The van der Waals surface area contributed by atoms with Crippen LogP contribution in [-0.2, 0) is 6.54 Å². The SMILES string of the molecule is COc1cc(Nc2cnnc(NCc3ccco3)n2)cc(OC)c1OC.